The van der Waals surface area contributed by atoms with Crippen LogP contribution in [0, 0.1) is 0 Å². The highest BCUT2D eigenvalue weighted by Crippen LogP contribution is 2.13. The van der Waals surface area contributed by atoms with E-state index < -0.39 is 6.10 Å². The third-order valence-corrected chi connectivity index (χ3v) is 11.1. The first-order chi connectivity index (χ1) is 34.0. The van der Waals surface area contributed by atoms with Gasteiger partial charge in [-0.1, -0.05) is 225 Å². The quantitative estimate of drug-likeness (QED) is 0.0262. The van der Waals surface area contributed by atoms with Crippen molar-refractivity contribution in [2.75, 3.05) is 13.2 Å². The number of allylic oxidation sites excluding steroid dienone is 22. The lowest BCUT2D eigenvalue weighted by Crippen LogP contribution is -2.30. The van der Waals surface area contributed by atoms with E-state index in [9.17, 15) is 14.4 Å². The molecule has 1 atom stereocenters. The Balaban J connectivity index is 4.13. The number of ether oxygens (including phenoxy) is 3. The lowest BCUT2D eigenvalue weighted by atomic mass is 10.1. The molecule has 0 rings (SSSR count). The fraction of sp³-hybridized carbons (Fsp3) is 0.603. The van der Waals surface area contributed by atoms with E-state index in [1.54, 1.807) is 0 Å². The van der Waals surface area contributed by atoms with Crippen molar-refractivity contribution in [3.63, 3.8) is 0 Å². The van der Waals surface area contributed by atoms with Crippen LogP contribution in [0.3, 0.4) is 0 Å². The normalized spacial score (nSPS) is 13.1. The molecule has 0 bridgehead atoms. The van der Waals surface area contributed by atoms with Crippen LogP contribution in [0.1, 0.15) is 226 Å². The average Bonchev–Trinajstić information content (AvgIpc) is 3.35. The van der Waals surface area contributed by atoms with Gasteiger partial charge in [0.05, 0.1) is 0 Å². The van der Waals surface area contributed by atoms with E-state index in [1.165, 1.54) is 6.42 Å². The van der Waals surface area contributed by atoms with Crippen molar-refractivity contribution >= 4 is 17.9 Å². The standard InChI is InChI=1S/C63H100O6/c1-4-7-10-13-15-17-19-21-22-23-24-25-26-27-28-29-30-31-32-33-34-35-36-37-38-39-40-42-43-45-47-50-53-56-62(65)68-59-60(58-67-61(64)55-52-49-12-9-6-3)69-63(66)57-54-51-48-46-44-41-20-18-16-14-11-8-5-2/h7,10-11,14-15,17-18,20-22,24-25,27-28,30-31,33-34,36-37,39-40,60H,4-6,8-9,12-13,16,19,23,26,29,32,35,38,41-59H2,1-3H3/b10-7-,14-11-,17-15-,20-18-,22-21-,25-24-,28-27-,31-30-,34-33-,37-36-,40-39-. The van der Waals surface area contributed by atoms with E-state index in [0.717, 1.165) is 180 Å². The lowest BCUT2D eigenvalue weighted by molar-refractivity contribution is -0.167. The lowest BCUT2D eigenvalue weighted by Gasteiger charge is -2.18. The van der Waals surface area contributed by atoms with Crippen LogP contribution in [0.25, 0.3) is 0 Å². The molecule has 6 nitrogen and oxygen atoms in total. The van der Waals surface area contributed by atoms with Crippen molar-refractivity contribution in [1.29, 1.82) is 0 Å². The van der Waals surface area contributed by atoms with Gasteiger partial charge in [-0.05, 0) is 116 Å². The Kier molecular flexibility index (Phi) is 52.5. The van der Waals surface area contributed by atoms with Gasteiger partial charge in [0.1, 0.15) is 13.2 Å². The molecule has 0 aliphatic rings. The summed E-state index contributed by atoms with van der Waals surface area (Å²) < 4.78 is 16.6. The molecular formula is C63H100O6. The summed E-state index contributed by atoms with van der Waals surface area (Å²) in [5.41, 5.74) is 0. The first kappa shape index (κ1) is 64.5. The molecule has 0 saturated heterocycles. The Bertz CT molecular complexity index is 1510. The fourth-order valence-electron chi connectivity index (χ4n) is 7.00. The molecule has 0 aromatic heterocycles. The van der Waals surface area contributed by atoms with Crippen LogP contribution in [-0.2, 0) is 28.6 Å². The summed E-state index contributed by atoms with van der Waals surface area (Å²) in [4.78, 5) is 37.7. The second kappa shape index (κ2) is 56.1. The predicted octanol–water partition coefficient (Wildman–Crippen LogP) is 18.6. The SMILES string of the molecule is CC/C=C\C/C=C\C/C=C\C/C=C\C/C=C\C/C=C\C/C=C\C/C=C\C/C=C\CCCCCCCC(=O)OCC(COC(=O)CCCCCCC)OC(=O)CCCCCCC/C=C\C/C=C\CCC. The number of unbranched alkanes of at least 4 members (excludes halogenated alkanes) is 15. The number of hydrogen-bond donors (Lipinski definition) is 0. The van der Waals surface area contributed by atoms with Gasteiger partial charge < -0.3 is 14.2 Å². The second-order valence-electron chi connectivity index (χ2n) is 17.8. The van der Waals surface area contributed by atoms with Gasteiger partial charge in [0.2, 0.25) is 0 Å². The Labute approximate surface area is 424 Å². The molecule has 6 heteroatoms. The van der Waals surface area contributed by atoms with Gasteiger partial charge in [-0.2, -0.15) is 0 Å². The molecule has 0 spiro atoms. The Morgan fingerprint density at radius 1 is 0.304 bits per heavy atom. The molecule has 0 amide bonds. The minimum absolute atomic E-state index is 0.0941. The zero-order valence-corrected chi connectivity index (χ0v) is 44.3. The first-order valence-corrected chi connectivity index (χ1v) is 27.7. The van der Waals surface area contributed by atoms with Gasteiger partial charge in [-0.25, -0.2) is 0 Å². The zero-order chi connectivity index (χ0) is 50.0. The third kappa shape index (κ3) is 54.4. The highest BCUT2D eigenvalue weighted by Gasteiger charge is 2.19. The van der Waals surface area contributed by atoms with Gasteiger partial charge in [-0.15, -0.1) is 0 Å². The average molecular weight is 953 g/mol. The molecule has 0 aromatic carbocycles. The molecule has 0 aliphatic heterocycles. The highest BCUT2D eigenvalue weighted by molar-refractivity contribution is 5.71. The monoisotopic (exact) mass is 953 g/mol. The van der Waals surface area contributed by atoms with E-state index in [1.807, 2.05) is 0 Å². The minimum atomic E-state index is -0.793. The summed E-state index contributed by atoms with van der Waals surface area (Å²) in [5, 5.41) is 0. The number of carbonyl (C=O) groups excluding carboxylic acids is 3. The molecule has 0 N–H and O–H groups in total. The van der Waals surface area contributed by atoms with Gasteiger partial charge >= 0.3 is 17.9 Å². The van der Waals surface area contributed by atoms with Crippen LogP contribution in [0.15, 0.2) is 134 Å². The van der Waals surface area contributed by atoms with Gasteiger partial charge in [0.25, 0.3) is 0 Å². The van der Waals surface area contributed by atoms with Crippen molar-refractivity contribution in [1.82, 2.24) is 0 Å². The Hall–Kier alpha value is -4.45. The molecule has 0 radical (unpaired) electrons. The molecule has 0 heterocycles. The topological polar surface area (TPSA) is 78.9 Å². The summed E-state index contributed by atoms with van der Waals surface area (Å²) in [5.74, 6) is -0.952. The van der Waals surface area contributed by atoms with Crippen LogP contribution in [0.2, 0.25) is 0 Å². The Morgan fingerprint density at radius 3 is 0.942 bits per heavy atom. The number of hydrogen-bond acceptors (Lipinski definition) is 6. The molecule has 69 heavy (non-hydrogen) atoms. The predicted molar refractivity (Wildman–Crippen MR) is 297 cm³/mol. The largest absolute Gasteiger partial charge is 0.462 e. The third-order valence-electron chi connectivity index (χ3n) is 11.1. The summed E-state index contributed by atoms with van der Waals surface area (Å²) in [6.45, 7) is 6.32. The number of esters is 3. The molecule has 0 saturated carbocycles. The molecule has 0 aliphatic carbocycles. The molecule has 388 valence electrons. The Morgan fingerprint density at radius 2 is 0.594 bits per heavy atom. The smallest absolute Gasteiger partial charge is 0.306 e. The van der Waals surface area contributed by atoms with Crippen LogP contribution in [0.4, 0.5) is 0 Å². The summed E-state index contributed by atoms with van der Waals surface area (Å²) in [7, 11) is 0. The zero-order valence-electron chi connectivity index (χ0n) is 44.3. The number of rotatable bonds is 48. The molecule has 1 unspecified atom stereocenters. The number of carbonyl (C=O) groups is 3. The fourth-order valence-corrected chi connectivity index (χ4v) is 7.00. The van der Waals surface area contributed by atoms with E-state index in [-0.39, 0.29) is 31.1 Å². The van der Waals surface area contributed by atoms with Crippen molar-refractivity contribution in [3.8, 4) is 0 Å². The van der Waals surface area contributed by atoms with Crippen molar-refractivity contribution < 1.29 is 28.6 Å². The van der Waals surface area contributed by atoms with Crippen molar-refractivity contribution in [3.05, 3.63) is 134 Å². The van der Waals surface area contributed by atoms with Crippen LogP contribution in [-0.4, -0.2) is 37.2 Å². The van der Waals surface area contributed by atoms with Gasteiger partial charge in [0.15, 0.2) is 6.10 Å². The van der Waals surface area contributed by atoms with Crippen LogP contribution in [0.5, 0.6) is 0 Å². The molecule has 0 aromatic rings. The highest BCUT2D eigenvalue weighted by atomic mass is 16.6. The van der Waals surface area contributed by atoms with Crippen LogP contribution < -0.4 is 0 Å². The van der Waals surface area contributed by atoms with Crippen LogP contribution >= 0.6 is 0 Å². The molecule has 0 fully saturated rings. The summed E-state index contributed by atoms with van der Waals surface area (Å²) >= 11 is 0. The maximum absolute atomic E-state index is 12.7. The van der Waals surface area contributed by atoms with Crippen molar-refractivity contribution in [2.45, 2.75) is 232 Å². The molecular weight excluding hydrogens is 853 g/mol. The first-order valence-electron chi connectivity index (χ1n) is 27.7. The van der Waals surface area contributed by atoms with E-state index in [0.29, 0.717) is 19.3 Å². The summed E-state index contributed by atoms with van der Waals surface area (Å²) in [6, 6.07) is 0. The minimum Gasteiger partial charge on any atom is -0.462 e. The maximum atomic E-state index is 12.7. The maximum Gasteiger partial charge on any atom is 0.306 e. The van der Waals surface area contributed by atoms with E-state index in [2.05, 4.69) is 154 Å². The van der Waals surface area contributed by atoms with Gasteiger partial charge in [0, 0.05) is 19.3 Å². The summed E-state index contributed by atoms with van der Waals surface area (Å²) in [6.07, 6.45) is 79.2. The van der Waals surface area contributed by atoms with Crippen molar-refractivity contribution in [2.24, 2.45) is 0 Å². The van der Waals surface area contributed by atoms with Gasteiger partial charge in [-0.3, -0.25) is 14.4 Å². The second-order valence-corrected chi connectivity index (χ2v) is 17.8. The van der Waals surface area contributed by atoms with E-state index >= 15 is 0 Å². The van der Waals surface area contributed by atoms with E-state index in [4.69, 9.17) is 14.2 Å².